The average molecular weight is 181 g/mol. The maximum atomic E-state index is 3.40. The lowest BCUT2D eigenvalue weighted by Gasteiger charge is -2.02. The Hall–Kier alpha value is -0.800. The molecule has 3 nitrogen and oxygen atoms in total. The summed E-state index contributed by atoms with van der Waals surface area (Å²) in [5.41, 5.74) is 1.33. The van der Waals surface area contributed by atoms with E-state index in [0.29, 0.717) is 0 Å². The van der Waals surface area contributed by atoms with Crippen molar-refractivity contribution in [3.63, 3.8) is 0 Å². The maximum absolute atomic E-state index is 3.40. The molecular weight excluding hydrogens is 162 g/mol. The SMILES string of the molecule is CNCCCCNCc1cc[nH]c1. The van der Waals surface area contributed by atoms with Gasteiger partial charge in [-0.3, -0.25) is 0 Å². The molecule has 0 spiro atoms. The lowest BCUT2D eigenvalue weighted by atomic mass is 10.3. The fourth-order valence-electron chi connectivity index (χ4n) is 1.25. The molecule has 1 aromatic heterocycles. The minimum Gasteiger partial charge on any atom is -0.367 e. The summed E-state index contributed by atoms with van der Waals surface area (Å²) in [5, 5.41) is 6.54. The Morgan fingerprint density at radius 2 is 2.15 bits per heavy atom. The van der Waals surface area contributed by atoms with Crippen LogP contribution < -0.4 is 10.6 Å². The smallest absolute Gasteiger partial charge is 0.0220 e. The zero-order chi connectivity index (χ0) is 9.36. The van der Waals surface area contributed by atoms with Crippen molar-refractivity contribution in [1.82, 2.24) is 15.6 Å². The Morgan fingerprint density at radius 3 is 2.85 bits per heavy atom. The van der Waals surface area contributed by atoms with Crippen LogP contribution in [0.5, 0.6) is 0 Å². The van der Waals surface area contributed by atoms with Crippen LogP contribution in [-0.2, 0) is 6.54 Å². The summed E-state index contributed by atoms with van der Waals surface area (Å²) in [6, 6.07) is 2.10. The van der Waals surface area contributed by atoms with Crippen LogP contribution in [-0.4, -0.2) is 25.1 Å². The number of hydrogen-bond acceptors (Lipinski definition) is 2. The van der Waals surface area contributed by atoms with Crippen LogP contribution in [0.2, 0.25) is 0 Å². The monoisotopic (exact) mass is 181 g/mol. The Balaban J connectivity index is 1.90. The molecule has 1 aromatic rings. The molecule has 0 radical (unpaired) electrons. The van der Waals surface area contributed by atoms with Crippen LogP contribution in [0.3, 0.4) is 0 Å². The molecular formula is C10H19N3. The molecule has 3 heteroatoms. The number of H-pyrrole nitrogens is 1. The quantitative estimate of drug-likeness (QED) is 0.551. The second-order valence-corrected chi connectivity index (χ2v) is 3.21. The van der Waals surface area contributed by atoms with E-state index in [4.69, 9.17) is 0 Å². The maximum Gasteiger partial charge on any atom is 0.0220 e. The van der Waals surface area contributed by atoms with Gasteiger partial charge in [0.25, 0.3) is 0 Å². The molecule has 0 saturated heterocycles. The average Bonchev–Trinajstić information content (AvgIpc) is 2.63. The number of aromatic amines is 1. The van der Waals surface area contributed by atoms with E-state index in [1.807, 2.05) is 19.4 Å². The first-order chi connectivity index (χ1) is 6.43. The number of nitrogens with one attached hydrogen (secondary N) is 3. The third-order valence-corrected chi connectivity index (χ3v) is 2.02. The molecule has 13 heavy (non-hydrogen) atoms. The molecule has 0 aliphatic carbocycles. The molecule has 0 unspecified atom stereocenters. The van der Waals surface area contributed by atoms with Gasteiger partial charge in [0.2, 0.25) is 0 Å². The molecule has 1 rings (SSSR count). The Labute approximate surface area is 79.9 Å². The second-order valence-electron chi connectivity index (χ2n) is 3.21. The fourth-order valence-corrected chi connectivity index (χ4v) is 1.25. The minimum atomic E-state index is 0.975. The van der Waals surface area contributed by atoms with Gasteiger partial charge >= 0.3 is 0 Å². The zero-order valence-electron chi connectivity index (χ0n) is 8.27. The van der Waals surface area contributed by atoms with Crippen molar-refractivity contribution in [3.05, 3.63) is 24.0 Å². The van der Waals surface area contributed by atoms with Gasteiger partial charge in [0.15, 0.2) is 0 Å². The number of unbranched alkanes of at least 4 members (excludes halogenated alkanes) is 1. The highest BCUT2D eigenvalue weighted by molar-refractivity contribution is 5.07. The zero-order valence-corrected chi connectivity index (χ0v) is 8.27. The standard InChI is InChI=1S/C10H19N3/c1-11-5-2-3-6-12-8-10-4-7-13-9-10/h4,7,9,11-13H,2-3,5-6,8H2,1H3. The van der Waals surface area contributed by atoms with Crippen molar-refractivity contribution in [2.75, 3.05) is 20.1 Å². The van der Waals surface area contributed by atoms with Crippen molar-refractivity contribution in [2.45, 2.75) is 19.4 Å². The summed E-state index contributed by atoms with van der Waals surface area (Å²) < 4.78 is 0. The molecule has 0 bridgehead atoms. The Morgan fingerprint density at radius 1 is 1.31 bits per heavy atom. The molecule has 0 atom stereocenters. The first-order valence-corrected chi connectivity index (χ1v) is 4.90. The van der Waals surface area contributed by atoms with Gasteiger partial charge in [-0.1, -0.05) is 0 Å². The molecule has 0 saturated carbocycles. The highest BCUT2D eigenvalue weighted by Crippen LogP contribution is 1.95. The lowest BCUT2D eigenvalue weighted by molar-refractivity contribution is 0.606. The highest BCUT2D eigenvalue weighted by atomic mass is 14.9. The molecule has 0 fully saturated rings. The van der Waals surface area contributed by atoms with Gasteiger partial charge in [0, 0.05) is 18.9 Å². The Bertz CT molecular complexity index is 194. The number of hydrogen-bond donors (Lipinski definition) is 3. The van der Waals surface area contributed by atoms with Crippen molar-refractivity contribution in [1.29, 1.82) is 0 Å². The molecule has 0 aliphatic heterocycles. The van der Waals surface area contributed by atoms with E-state index < -0.39 is 0 Å². The van der Waals surface area contributed by atoms with Gasteiger partial charge in [0.05, 0.1) is 0 Å². The first-order valence-electron chi connectivity index (χ1n) is 4.90. The molecule has 0 aromatic carbocycles. The van der Waals surface area contributed by atoms with E-state index in [1.165, 1.54) is 18.4 Å². The summed E-state index contributed by atoms with van der Waals surface area (Å²) in [6.45, 7) is 3.20. The third kappa shape index (κ3) is 4.70. The van der Waals surface area contributed by atoms with Crippen LogP contribution in [0.15, 0.2) is 18.5 Å². The second kappa shape index (κ2) is 6.69. The van der Waals surface area contributed by atoms with Gasteiger partial charge in [0.1, 0.15) is 0 Å². The van der Waals surface area contributed by atoms with E-state index in [-0.39, 0.29) is 0 Å². The van der Waals surface area contributed by atoms with Crippen molar-refractivity contribution in [2.24, 2.45) is 0 Å². The Kier molecular flexibility index (Phi) is 5.29. The summed E-state index contributed by atoms with van der Waals surface area (Å²) in [6.07, 6.45) is 6.47. The number of aromatic nitrogens is 1. The first kappa shape index (κ1) is 10.3. The molecule has 0 amide bonds. The van der Waals surface area contributed by atoms with E-state index in [0.717, 1.165) is 19.6 Å². The van der Waals surface area contributed by atoms with Gasteiger partial charge in [-0.25, -0.2) is 0 Å². The topological polar surface area (TPSA) is 39.8 Å². The molecule has 74 valence electrons. The van der Waals surface area contributed by atoms with Crippen LogP contribution in [0.25, 0.3) is 0 Å². The van der Waals surface area contributed by atoms with Crippen LogP contribution >= 0.6 is 0 Å². The molecule has 3 N–H and O–H groups in total. The predicted molar refractivity (Wildman–Crippen MR) is 55.7 cm³/mol. The fraction of sp³-hybridized carbons (Fsp3) is 0.600. The summed E-state index contributed by atoms with van der Waals surface area (Å²) in [5.74, 6) is 0. The minimum absolute atomic E-state index is 0.975. The summed E-state index contributed by atoms with van der Waals surface area (Å²) in [4.78, 5) is 3.04. The third-order valence-electron chi connectivity index (χ3n) is 2.02. The lowest BCUT2D eigenvalue weighted by Crippen LogP contribution is -2.16. The normalized spacial score (nSPS) is 10.5. The molecule has 0 aliphatic rings. The van der Waals surface area contributed by atoms with E-state index >= 15 is 0 Å². The summed E-state index contributed by atoms with van der Waals surface area (Å²) >= 11 is 0. The van der Waals surface area contributed by atoms with Crippen LogP contribution in [0.4, 0.5) is 0 Å². The van der Waals surface area contributed by atoms with Gasteiger partial charge in [-0.2, -0.15) is 0 Å². The number of rotatable bonds is 7. The van der Waals surface area contributed by atoms with E-state index in [9.17, 15) is 0 Å². The van der Waals surface area contributed by atoms with E-state index in [1.54, 1.807) is 0 Å². The predicted octanol–water partition coefficient (Wildman–Crippen LogP) is 1.10. The summed E-state index contributed by atoms with van der Waals surface area (Å²) in [7, 11) is 1.99. The van der Waals surface area contributed by atoms with Gasteiger partial charge < -0.3 is 15.6 Å². The van der Waals surface area contributed by atoms with E-state index in [2.05, 4.69) is 21.7 Å². The largest absolute Gasteiger partial charge is 0.367 e. The van der Waals surface area contributed by atoms with Crippen LogP contribution in [0.1, 0.15) is 18.4 Å². The molecule has 1 heterocycles. The highest BCUT2D eigenvalue weighted by Gasteiger charge is 1.91. The van der Waals surface area contributed by atoms with Crippen molar-refractivity contribution < 1.29 is 0 Å². The van der Waals surface area contributed by atoms with Gasteiger partial charge in [-0.15, -0.1) is 0 Å². The van der Waals surface area contributed by atoms with Crippen LogP contribution in [0, 0.1) is 0 Å². The van der Waals surface area contributed by atoms with Crippen molar-refractivity contribution >= 4 is 0 Å². The van der Waals surface area contributed by atoms with Crippen molar-refractivity contribution in [3.8, 4) is 0 Å². The van der Waals surface area contributed by atoms with Gasteiger partial charge in [-0.05, 0) is 44.6 Å².